The van der Waals surface area contributed by atoms with Crippen molar-refractivity contribution in [1.82, 2.24) is 10.3 Å². The summed E-state index contributed by atoms with van der Waals surface area (Å²) in [7, 11) is 0. The Labute approximate surface area is 125 Å². The van der Waals surface area contributed by atoms with Crippen LogP contribution in [0.15, 0.2) is 12.3 Å². The van der Waals surface area contributed by atoms with Crippen LogP contribution in [0.3, 0.4) is 0 Å². The Morgan fingerprint density at radius 3 is 2.90 bits per heavy atom. The van der Waals surface area contributed by atoms with Gasteiger partial charge in [-0.05, 0) is 43.8 Å². The minimum Gasteiger partial charge on any atom is -0.384 e. The highest BCUT2D eigenvalue weighted by Crippen LogP contribution is 2.19. The fourth-order valence-electron chi connectivity index (χ4n) is 2.25. The van der Waals surface area contributed by atoms with Crippen molar-refractivity contribution in [2.45, 2.75) is 39.2 Å². The van der Waals surface area contributed by atoms with E-state index in [4.69, 9.17) is 0 Å². The standard InChI is InChI=1S/C15H23N3OS/c1-3-6-16-14-9-11(2)17-10-13(14)15(19)18-12-4-7-20-8-5-12/h9-10,12H,3-8H2,1-2H3,(H,16,17)(H,18,19). The lowest BCUT2D eigenvalue weighted by Gasteiger charge is -2.23. The maximum Gasteiger partial charge on any atom is 0.255 e. The molecule has 0 atom stereocenters. The summed E-state index contributed by atoms with van der Waals surface area (Å²) in [4.78, 5) is 16.7. The molecule has 0 aromatic carbocycles. The number of nitrogens with one attached hydrogen (secondary N) is 2. The van der Waals surface area contributed by atoms with Gasteiger partial charge < -0.3 is 10.6 Å². The molecule has 110 valence electrons. The molecule has 5 heteroatoms. The molecule has 1 aromatic rings. The fourth-order valence-corrected chi connectivity index (χ4v) is 3.36. The van der Waals surface area contributed by atoms with E-state index in [1.54, 1.807) is 6.20 Å². The lowest BCUT2D eigenvalue weighted by molar-refractivity contribution is 0.0935. The molecule has 0 saturated carbocycles. The summed E-state index contributed by atoms with van der Waals surface area (Å²) in [5.41, 5.74) is 2.47. The lowest BCUT2D eigenvalue weighted by atomic mass is 10.1. The molecule has 0 aliphatic carbocycles. The minimum absolute atomic E-state index is 0.00648. The average molecular weight is 293 g/mol. The summed E-state index contributed by atoms with van der Waals surface area (Å²) >= 11 is 1.96. The van der Waals surface area contributed by atoms with Gasteiger partial charge in [0.1, 0.15) is 0 Å². The second-order valence-corrected chi connectivity index (χ2v) is 6.38. The number of hydrogen-bond donors (Lipinski definition) is 2. The molecule has 4 nitrogen and oxygen atoms in total. The molecule has 1 aliphatic rings. The van der Waals surface area contributed by atoms with Gasteiger partial charge in [0.25, 0.3) is 5.91 Å². The van der Waals surface area contributed by atoms with Gasteiger partial charge in [0.15, 0.2) is 0 Å². The number of rotatable bonds is 5. The monoisotopic (exact) mass is 293 g/mol. The second kappa shape index (κ2) is 7.53. The maximum absolute atomic E-state index is 12.4. The Hall–Kier alpha value is -1.23. The van der Waals surface area contributed by atoms with Crippen LogP contribution in [0.4, 0.5) is 5.69 Å². The van der Waals surface area contributed by atoms with E-state index in [9.17, 15) is 4.79 Å². The third-order valence-corrected chi connectivity index (χ3v) is 4.46. The molecule has 1 aliphatic heterocycles. The van der Waals surface area contributed by atoms with Gasteiger partial charge >= 0.3 is 0 Å². The summed E-state index contributed by atoms with van der Waals surface area (Å²) < 4.78 is 0. The lowest BCUT2D eigenvalue weighted by Crippen LogP contribution is -2.37. The number of amides is 1. The average Bonchev–Trinajstić information content (AvgIpc) is 2.46. The molecule has 1 amide bonds. The summed E-state index contributed by atoms with van der Waals surface area (Å²) in [6.07, 6.45) is 4.84. The predicted molar refractivity (Wildman–Crippen MR) is 85.6 cm³/mol. The molecular formula is C15H23N3OS. The Balaban J connectivity index is 2.07. The molecule has 2 N–H and O–H groups in total. The Bertz CT molecular complexity index is 458. The molecule has 20 heavy (non-hydrogen) atoms. The number of carbonyl (C=O) groups is 1. The zero-order valence-electron chi connectivity index (χ0n) is 12.2. The second-order valence-electron chi connectivity index (χ2n) is 5.16. The minimum atomic E-state index is -0.00648. The highest BCUT2D eigenvalue weighted by molar-refractivity contribution is 7.99. The number of nitrogens with zero attached hydrogens (tertiary/aromatic N) is 1. The number of thioether (sulfide) groups is 1. The van der Waals surface area contributed by atoms with E-state index < -0.39 is 0 Å². The molecule has 0 spiro atoms. The van der Waals surface area contributed by atoms with Gasteiger partial charge in [-0.15, -0.1) is 0 Å². The van der Waals surface area contributed by atoms with Crippen LogP contribution < -0.4 is 10.6 Å². The van der Waals surface area contributed by atoms with Crippen LogP contribution in [0.25, 0.3) is 0 Å². The van der Waals surface area contributed by atoms with Crippen LogP contribution >= 0.6 is 11.8 Å². The van der Waals surface area contributed by atoms with Crippen LogP contribution in [-0.2, 0) is 0 Å². The van der Waals surface area contributed by atoms with Gasteiger partial charge in [0, 0.05) is 24.5 Å². The molecule has 1 aromatic heterocycles. The van der Waals surface area contributed by atoms with E-state index >= 15 is 0 Å². The van der Waals surface area contributed by atoms with Crippen LogP contribution in [0.2, 0.25) is 0 Å². The molecule has 2 heterocycles. The summed E-state index contributed by atoms with van der Waals surface area (Å²) in [5, 5.41) is 6.46. The van der Waals surface area contributed by atoms with E-state index in [0.717, 1.165) is 48.7 Å². The molecule has 1 saturated heterocycles. The first-order valence-corrected chi connectivity index (χ1v) is 8.45. The smallest absolute Gasteiger partial charge is 0.255 e. The van der Waals surface area contributed by atoms with E-state index in [1.165, 1.54) is 0 Å². The molecule has 1 fully saturated rings. The molecular weight excluding hydrogens is 270 g/mol. The number of aryl methyl sites for hydroxylation is 1. The summed E-state index contributed by atoms with van der Waals surface area (Å²) in [6.45, 7) is 4.92. The van der Waals surface area contributed by atoms with Crippen molar-refractivity contribution in [3.05, 3.63) is 23.5 Å². The van der Waals surface area contributed by atoms with Crippen LogP contribution in [-0.4, -0.2) is 35.0 Å². The SMILES string of the molecule is CCCNc1cc(C)ncc1C(=O)NC1CCSCC1. The number of pyridine rings is 1. The van der Waals surface area contributed by atoms with Crippen molar-refractivity contribution in [3.8, 4) is 0 Å². The summed E-state index contributed by atoms with van der Waals surface area (Å²) in [5.74, 6) is 2.27. The zero-order valence-corrected chi connectivity index (χ0v) is 13.1. The van der Waals surface area contributed by atoms with Crippen molar-refractivity contribution in [2.24, 2.45) is 0 Å². The first kappa shape index (κ1) is 15.2. The number of carbonyl (C=O) groups excluding carboxylic acids is 1. The summed E-state index contributed by atoms with van der Waals surface area (Å²) in [6, 6.07) is 2.26. The first-order valence-electron chi connectivity index (χ1n) is 7.30. The molecule has 0 unspecified atom stereocenters. The predicted octanol–water partition coefficient (Wildman–Crippen LogP) is 2.84. The van der Waals surface area contributed by atoms with Crippen molar-refractivity contribution < 1.29 is 4.79 Å². The normalized spacial score (nSPS) is 15.9. The van der Waals surface area contributed by atoms with Crippen LogP contribution in [0.1, 0.15) is 42.2 Å². The Morgan fingerprint density at radius 2 is 2.20 bits per heavy atom. The van der Waals surface area contributed by atoms with Gasteiger partial charge in [-0.1, -0.05) is 6.92 Å². The van der Waals surface area contributed by atoms with Crippen molar-refractivity contribution in [1.29, 1.82) is 0 Å². The zero-order chi connectivity index (χ0) is 14.4. The highest BCUT2D eigenvalue weighted by atomic mass is 32.2. The van der Waals surface area contributed by atoms with Gasteiger partial charge in [-0.25, -0.2) is 0 Å². The third kappa shape index (κ3) is 4.13. The highest BCUT2D eigenvalue weighted by Gasteiger charge is 2.19. The fraction of sp³-hybridized carbons (Fsp3) is 0.600. The largest absolute Gasteiger partial charge is 0.384 e. The molecule has 0 radical (unpaired) electrons. The van der Waals surface area contributed by atoms with Gasteiger partial charge in [0.2, 0.25) is 0 Å². The number of hydrogen-bond acceptors (Lipinski definition) is 4. The molecule has 2 rings (SSSR count). The molecule has 0 bridgehead atoms. The first-order chi connectivity index (χ1) is 9.70. The van der Waals surface area contributed by atoms with E-state index in [-0.39, 0.29) is 5.91 Å². The van der Waals surface area contributed by atoms with Crippen LogP contribution in [0.5, 0.6) is 0 Å². The topological polar surface area (TPSA) is 54.0 Å². The van der Waals surface area contributed by atoms with Crippen LogP contribution in [0, 0.1) is 6.92 Å². The van der Waals surface area contributed by atoms with Crippen molar-refractivity contribution in [3.63, 3.8) is 0 Å². The Kier molecular flexibility index (Phi) is 5.71. The van der Waals surface area contributed by atoms with Gasteiger partial charge in [-0.2, -0.15) is 11.8 Å². The van der Waals surface area contributed by atoms with E-state index in [1.807, 2.05) is 24.8 Å². The van der Waals surface area contributed by atoms with Crippen molar-refractivity contribution in [2.75, 3.05) is 23.4 Å². The van der Waals surface area contributed by atoms with E-state index in [2.05, 4.69) is 22.5 Å². The number of aromatic nitrogens is 1. The Morgan fingerprint density at radius 1 is 1.45 bits per heavy atom. The van der Waals surface area contributed by atoms with Gasteiger partial charge in [-0.3, -0.25) is 9.78 Å². The third-order valence-electron chi connectivity index (χ3n) is 3.41. The number of anilines is 1. The quantitative estimate of drug-likeness (QED) is 0.876. The van der Waals surface area contributed by atoms with Crippen molar-refractivity contribution >= 4 is 23.4 Å². The maximum atomic E-state index is 12.4. The van der Waals surface area contributed by atoms with Gasteiger partial charge in [0.05, 0.1) is 11.3 Å². The van der Waals surface area contributed by atoms with E-state index in [0.29, 0.717) is 11.6 Å².